The molecule has 684 valence electrons. The van der Waals surface area contributed by atoms with Gasteiger partial charge in [-0.1, -0.05) is 358 Å². The molecule has 0 aliphatic heterocycles. The summed E-state index contributed by atoms with van der Waals surface area (Å²) in [5, 5.41) is 26.6. The quantitative estimate of drug-likeness (QED) is 0.0843. The Balaban J connectivity index is 0.000000107. The van der Waals surface area contributed by atoms with E-state index in [1.165, 1.54) is 212 Å². The van der Waals surface area contributed by atoms with E-state index >= 15 is 0 Å². The molecule has 0 atom stereocenters. The molecule has 4 aromatic heterocycles. The largest absolute Gasteiger partial charge is 0.311 e. The molecule has 0 saturated heterocycles. The Bertz CT molecular complexity index is 9550. The van der Waals surface area contributed by atoms with Gasteiger partial charge in [-0.25, -0.2) is 0 Å². The van der Waals surface area contributed by atoms with E-state index in [9.17, 15) is 0 Å². The van der Waals surface area contributed by atoms with E-state index in [2.05, 4.69) is 553 Å². The topological polar surface area (TPSA) is 13.0 Å². The van der Waals surface area contributed by atoms with E-state index in [1.54, 1.807) is 0 Å². The smallest absolute Gasteiger partial charge is 0.0640 e. The number of hydrogen-bond acceptors (Lipinski definition) is 8. The van der Waals surface area contributed by atoms with Gasteiger partial charge in [-0.05, 0) is 291 Å². The third-order valence-electron chi connectivity index (χ3n) is 29.2. The van der Waals surface area contributed by atoms with Crippen molar-refractivity contribution in [1.29, 1.82) is 0 Å². The van der Waals surface area contributed by atoms with Crippen LogP contribution in [0, 0.1) is 0 Å². The van der Waals surface area contributed by atoms with Crippen molar-refractivity contribution in [3.05, 3.63) is 534 Å². The van der Waals surface area contributed by atoms with Gasteiger partial charge in [0.1, 0.15) is 0 Å². The molecular weight excluding hydrogens is 1840 g/mol. The molecule has 0 amide bonds. The predicted molar refractivity (Wildman–Crippen MR) is 635 cm³/mol. The SMILES string of the molecule is c1ccc(-c2ccc3sc4c(-c5ccc6c(c5)c5cccc7sc8cccc6c8c75)cc(-c5ccccc5)cc4c3c2)cc1.c1ccc(N(c2ccccc2)c2ccc(-c3ccc4c5ccccc5c5ccc(-c6ccc(N(c7ccccc7)c7ccccc7)cc6)c6sc3c4c65)cc2)cc1.c1ccc(N(c2ccccc2)c2ccc3c4ccccc4c4ccc(N(c5ccccc5)c5ccccc5)c5sc2c3c54)cc1. The van der Waals surface area contributed by atoms with Crippen molar-refractivity contribution in [2.45, 2.75) is 0 Å². The lowest BCUT2D eigenvalue weighted by Gasteiger charge is -2.26. The molecule has 0 radical (unpaired) electrons. The van der Waals surface area contributed by atoms with Crippen LogP contribution in [0.25, 0.3) is 201 Å². The summed E-state index contributed by atoms with van der Waals surface area (Å²) in [6, 6.07) is 194. The van der Waals surface area contributed by atoms with Crippen LogP contribution in [0.15, 0.2) is 534 Å². The first-order valence-corrected chi connectivity index (χ1v) is 53.0. The van der Waals surface area contributed by atoms with Crippen LogP contribution in [-0.2, 0) is 0 Å². The molecule has 8 heteroatoms. The first-order chi connectivity index (χ1) is 72.5. The van der Waals surface area contributed by atoms with Gasteiger partial charge in [0.2, 0.25) is 0 Å². The average molecular weight is 1930 g/mol. The molecule has 4 nitrogen and oxygen atoms in total. The molecule has 4 heterocycles. The first kappa shape index (κ1) is 86.1. The van der Waals surface area contributed by atoms with Crippen molar-refractivity contribution in [3.8, 4) is 55.6 Å². The molecule has 30 rings (SSSR count). The maximum Gasteiger partial charge on any atom is 0.0640 e. The van der Waals surface area contributed by atoms with Crippen LogP contribution in [0.2, 0.25) is 0 Å². The molecule has 0 bridgehead atoms. The van der Waals surface area contributed by atoms with E-state index in [-0.39, 0.29) is 0 Å². The monoisotopic (exact) mass is 1930 g/mol. The Morgan fingerprint density at radius 3 is 0.795 bits per heavy atom. The van der Waals surface area contributed by atoms with Crippen molar-refractivity contribution in [2.24, 2.45) is 0 Å². The van der Waals surface area contributed by atoms with Gasteiger partial charge in [0.15, 0.2) is 0 Å². The Kier molecular flexibility index (Phi) is 21.4. The fraction of sp³-hybridized carbons (Fsp3) is 0. The number of hydrogen-bond donors (Lipinski definition) is 0. The van der Waals surface area contributed by atoms with Gasteiger partial charge in [0.05, 0.1) is 20.8 Å². The highest BCUT2D eigenvalue weighted by molar-refractivity contribution is 7.28. The summed E-state index contributed by atoms with van der Waals surface area (Å²) in [7, 11) is 0. The second kappa shape index (κ2) is 36.3. The normalized spacial score (nSPS) is 11.7. The van der Waals surface area contributed by atoms with Gasteiger partial charge in [0, 0.05) is 134 Å². The van der Waals surface area contributed by atoms with Crippen molar-refractivity contribution < 1.29 is 0 Å². The lowest BCUT2D eigenvalue weighted by Crippen LogP contribution is -2.09. The molecule has 0 saturated carbocycles. The van der Waals surface area contributed by atoms with Crippen LogP contribution in [0.4, 0.5) is 68.2 Å². The minimum Gasteiger partial charge on any atom is -0.311 e. The Labute approximate surface area is 860 Å². The van der Waals surface area contributed by atoms with Crippen molar-refractivity contribution in [2.75, 3.05) is 19.6 Å². The van der Waals surface area contributed by atoms with E-state index in [0.717, 1.165) is 56.9 Å². The molecule has 26 aromatic carbocycles. The minimum absolute atomic E-state index is 1.13. The summed E-state index contributed by atoms with van der Waals surface area (Å²) >= 11 is 7.65. The Hall–Kier alpha value is -17.9. The summed E-state index contributed by atoms with van der Waals surface area (Å²) < 4.78 is 10.7. The zero-order valence-corrected chi connectivity index (χ0v) is 82.5. The molecule has 146 heavy (non-hydrogen) atoms. The Morgan fingerprint density at radius 2 is 0.397 bits per heavy atom. The molecule has 0 fully saturated rings. The highest BCUT2D eigenvalue weighted by Crippen LogP contribution is 2.58. The number of thiophene rings is 4. The van der Waals surface area contributed by atoms with Crippen LogP contribution in [0.1, 0.15) is 0 Å². The molecule has 0 spiro atoms. The van der Waals surface area contributed by atoms with Gasteiger partial charge < -0.3 is 19.6 Å². The molecule has 0 unspecified atom stereocenters. The van der Waals surface area contributed by atoms with Gasteiger partial charge in [0.25, 0.3) is 0 Å². The third kappa shape index (κ3) is 14.7. The number of fused-ring (bicyclic) bond motifs is 12. The first-order valence-electron chi connectivity index (χ1n) is 49.7. The van der Waals surface area contributed by atoms with Gasteiger partial charge in [-0.2, -0.15) is 0 Å². The standard InChI is InChI=1S/C54H36N2S.C42H28N2S.C42H24S2/c1-5-15-39(16-6-1)55(40-17-7-2-8-18-40)43-29-25-37(26-30-43)45-33-35-49-47-23-13-14-24-48(47)50-36-34-46(54-52(50)51(49)53(45)57-54)38-27-31-44(32-28-38)56(41-19-9-3-10-20-41)42-21-11-4-12-22-42;1-5-15-29(16-6-1)43(30-17-7-2-8-18-30)37-27-25-35-33-23-13-14-24-34(33)36-26-28-38(42-40(36)39(35)41(37)45-42)44(31-19-9-3-10-20-31)32-21-11-4-12-22-32;1-3-9-25(10-4-1)27-18-20-37-35(21-27)36-24-29(26-11-5-2-6-12-26)23-33(42(36)44-37)28-17-19-30-31-13-7-15-38-40(31)41-32(34(30)22-28)14-8-16-39(41)43-38/h1-36H;1-28H;1-24H. The summed E-state index contributed by atoms with van der Waals surface area (Å²) in [5.41, 5.74) is 26.3. The summed E-state index contributed by atoms with van der Waals surface area (Å²) in [6.07, 6.45) is 0. The summed E-state index contributed by atoms with van der Waals surface area (Å²) in [5.74, 6) is 0. The third-order valence-corrected chi connectivity index (χ3v) is 34.0. The lowest BCUT2D eigenvalue weighted by atomic mass is 9.90. The fourth-order valence-corrected chi connectivity index (χ4v) is 27.8. The van der Waals surface area contributed by atoms with Crippen LogP contribution in [0.5, 0.6) is 0 Å². The lowest BCUT2D eigenvalue weighted by molar-refractivity contribution is 1.28. The highest BCUT2D eigenvalue weighted by atomic mass is 32.1. The van der Waals surface area contributed by atoms with E-state index < -0.39 is 0 Å². The minimum atomic E-state index is 1.13. The Morgan fingerprint density at radius 1 is 0.116 bits per heavy atom. The molecule has 30 aromatic rings. The maximum absolute atomic E-state index is 2.45. The number of benzene rings is 26. The maximum atomic E-state index is 2.45. The molecule has 0 aliphatic carbocycles. The van der Waals surface area contributed by atoms with Crippen molar-refractivity contribution >= 4 is 259 Å². The summed E-state index contributed by atoms with van der Waals surface area (Å²) in [4.78, 5) is 9.45. The predicted octanol–water partition coefficient (Wildman–Crippen LogP) is 42.0. The van der Waals surface area contributed by atoms with Crippen LogP contribution in [-0.4, -0.2) is 0 Å². The van der Waals surface area contributed by atoms with Gasteiger partial charge in [-0.3, -0.25) is 0 Å². The second-order valence-electron chi connectivity index (χ2n) is 37.5. The van der Waals surface area contributed by atoms with Crippen molar-refractivity contribution in [1.82, 2.24) is 0 Å². The van der Waals surface area contributed by atoms with Gasteiger partial charge in [-0.15, -0.1) is 45.3 Å². The van der Waals surface area contributed by atoms with Crippen LogP contribution < -0.4 is 19.6 Å². The number of nitrogens with zero attached hydrogens (tertiary/aromatic N) is 4. The molecule has 0 N–H and O–H groups in total. The molecule has 0 aliphatic rings. The van der Waals surface area contributed by atoms with Crippen LogP contribution in [0.3, 0.4) is 0 Å². The van der Waals surface area contributed by atoms with E-state index in [0.29, 0.717) is 0 Å². The fourth-order valence-electron chi connectivity index (χ4n) is 22.7. The average Bonchev–Trinajstić information content (AvgIpc) is 1.53. The highest BCUT2D eigenvalue weighted by Gasteiger charge is 2.30. The summed E-state index contributed by atoms with van der Waals surface area (Å²) in [6.45, 7) is 0. The number of rotatable bonds is 17. The van der Waals surface area contributed by atoms with E-state index in [4.69, 9.17) is 0 Å². The van der Waals surface area contributed by atoms with Crippen molar-refractivity contribution in [3.63, 3.8) is 0 Å². The number of anilines is 12. The zero-order chi connectivity index (χ0) is 96.2. The van der Waals surface area contributed by atoms with E-state index in [1.807, 2.05) is 45.3 Å². The zero-order valence-electron chi connectivity index (χ0n) is 79.2. The number of para-hydroxylation sites is 8. The second-order valence-corrected chi connectivity index (χ2v) is 41.7. The van der Waals surface area contributed by atoms with Gasteiger partial charge >= 0.3 is 0 Å². The van der Waals surface area contributed by atoms with Crippen LogP contribution >= 0.6 is 45.3 Å². The molecular formula is C138H88N4S4.